The van der Waals surface area contributed by atoms with Crippen LogP contribution in [0, 0.1) is 6.92 Å². The molecule has 2 atom stereocenters. The van der Waals surface area contributed by atoms with Crippen LogP contribution >= 0.6 is 0 Å². The lowest BCUT2D eigenvalue weighted by molar-refractivity contribution is -0.545. The lowest BCUT2D eigenvalue weighted by Crippen LogP contribution is -2.75. The number of aromatic amines is 1. The number of H-pyrrole nitrogens is 1. The molecule has 20 heavy (non-hydrogen) atoms. The average molecular weight is 279 g/mol. The zero-order valence-electron chi connectivity index (χ0n) is 12.0. The number of hydrogen-bond donors (Lipinski definition) is 1. The highest BCUT2D eigenvalue weighted by Crippen LogP contribution is 2.38. The number of nitrogens with zero attached hydrogens (tertiary/aromatic N) is 2. The van der Waals surface area contributed by atoms with E-state index in [2.05, 4.69) is 5.10 Å². The van der Waals surface area contributed by atoms with Crippen molar-refractivity contribution in [1.29, 1.82) is 0 Å². The topological polar surface area (TPSA) is 87.1 Å². The van der Waals surface area contributed by atoms with Crippen molar-refractivity contribution in [2.75, 3.05) is 13.1 Å². The van der Waals surface area contributed by atoms with E-state index >= 15 is 0 Å². The van der Waals surface area contributed by atoms with Gasteiger partial charge >= 0.3 is 0 Å². The lowest BCUT2D eigenvalue weighted by atomic mass is 9.69. The van der Waals surface area contributed by atoms with Gasteiger partial charge in [0.15, 0.2) is 0 Å². The summed E-state index contributed by atoms with van der Waals surface area (Å²) < 4.78 is 1.35. The molecule has 6 heteroatoms. The van der Waals surface area contributed by atoms with Crippen LogP contribution in [-0.4, -0.2) is 46.0 Å². The molecule has 1 aromatic rings. The second kappa shape index (κ2) is 5.02. The fourth-order valence-corrected chi connectivity index (χ4v) is 3.71. The van der Waals surface area contributed by atoms with Gasteiger partial charge in [0.2, 0.25) is 0 Å². The second-order valence-corrected chi connectivity index (χ2v) is 6.06. The van der Waals surface area contributed by atoms with Crippen molar-refractivity contribution in [3.05, 3.63) is 21.6 Å². The summed E-state index contributed by atoms with van der Waals surface area (Å²) in [5.41, 5.74) is 0.827. The highest BCUT2D eigenvalue weighted by atomic mass is 16.3. The molecule has 2 aliphatic rings. The number of nitrogens with one attached hydrogen (secondary N) is 1. The molecule has 1 aliphatic heterocycles. The molecule has 3 rings (SSSR count). The van der Waals surface area contributed by atoms with Gasteiger partial charge in [-0.2, -0.15) is 0 Å². The number of rotatable bonds is 2. The van der Waals surface area contributed by atoms with Gasteiger partial charge in [0.25, 0.3) is 5.56 Å². The molecule has 2 unspecified atom stereocenters. The van der Waals surface area contributed by atoms with Crippen LogP contribution in [0.4, 0.5) is 0 Å². The molecule has 2 fully saturated rings. The quantitative estimate of drug-likeness (QED) is 0.708. The van der Waals surface area contributed by atoms with Crippen LogP contribution in [0.5, 0.6) is 0 Å². The molecular weight excluding hydrogens is 258 g/mol. The number of hydrogen-bond acceptors (Lipinski definition) is 4. The van der Waals surface area contributed by atoms with Gasteiger partial charge in [-0.3, -0.25) is 14.6 Å². The van der Waals surface area contributed by atoms with Crippen molar-refractivity contribution >= 4 is 0 Å². The molecule has 2 heterocycles. The monoisotopic (exact) mass is 279 g/mol. The Morgan fingerprint density at radius 2 is 1.75 bits per heavy atom. The van der Waals surface area contributed by atoms with Crippen molar-refractivity contribution < 1.29 is 10.2 Å². The average Bonchev–Trinajstić information content (AvgIpc) is 2.67. The molecule has 1 saturated carbocycles. The predicted molar refractivity (Wildman–Crippen MR) is 70.3 cm³/mol. The Morgan fingerprint density at radius 1 is 1.15 bits per heavy atom. The summed E-state index contributed by atoms with van der Waals surface area (Å²) in [5.74, 6) is -0.688. The van der Waals surface area contributed by atoms with Gasteiger partial charge in [0, 0.05) is 18.3 Å². The Morgan fingerprint density at radius 3 is 2.25 bits per heavy atom. The molecule has 0 spiro atoms. The number of aryl methyl sites for hydroxylation is 2. The summed E-state index contributed by atoms with van der Waals surface area (Å²) in [6.07, 6.45) is 1.35. The maximum Gasteiger partial charge on any atom is 0.269 e. The predicted octanol–water partition coefficient (Wildman–Crippen LogP) is -1.57. The molecule has 1 aromatic heterocycles. The van der Waals surface area contributed by atoms with E-state index in [4.69, 9.17) is 0 Å². The van der Waals surface area contributed by atoms with Gasteiger partial charge in [-0.1, -0.05) is 6.42 Å². The first kappa shape index (κ1) is 13.9. The Bertz CT molecular complexity index is 534. The summed E-state index contributed by atoms with van der Waals surface area (Å²) in [6, 6.07) is -0.445. The molecule has 0 bridgehead atoms. The second-order valence-electron chi connectivity index (χ2n) is 6.06. The van der Waals surface area contributed by atoms with E-state index in [-0.39, 0.29) is 5.56 Å². The molecule has 0 aromatic carbocycles. The maximum atomic E-state index is 12.5. The smallest absolute Gasteiger partial charge is 0.269 e. The third-order valence-corrected chi connectivity index (χ3v) is 4.80. The summed E-state index contributed by atoms with van der Waals surface area (Å²) >= 11 is 0. The van der Waals surface area contributed by atoms with E-state index in [0.717, 1.165) is 25.9 Å². The zero-order valence-corrected chi connectivity index (χ0v) is 12.0. The first-order chi connectivity index (χ1) is 9.52. The third-order valence-electron chi connectivity index (χ3n) is 4.80. The van der Waals surface area contributed by atoms with E-state index in [1.165, 1.54) is 11.1 Å². The van der Waals surface area contributed by atoms with Crippen LogP contribution in [0.1, 0.15) is 36.4 Å². The standard InChI is InChI=1S/C14H21N3O3/c1-8-9(14(20)16(2)15-8)10-12(18)11(13(10)19)17-6-4-3-5-7-17/h10-13,15H,3-7H2,1-2H3/q-2. The van der Waals surface area contributed by atoms with E-state index in [9.17, 15) is 15.0 Å². The molecule has 0 amide bonds. The molecule has 1 N–H and O–H groups in total. The molecular formula is C14H21N3O3-2. The van der Waals surface area contributed by atoms with Crippen molar-refractivity contribution in [3.63, 3.8) is 0 Å². The minimum absolute atomic E-state index is 0.230. The Kier molecular flexibility index (Phi) is 3.48. The molecule has 6 nitrogen and oxygen atoms in total. The van der Waals surface area contributed by atoms with Crippen molar-refractivity contribution in [1.82, 2.24) is 14.7 Å². The Hall–Kier alpha value is -1.11. The maximum absolute atomic E-state index is 12.5. The highest BCUT2D eigenvalue weighted by Gasteiger charge is 2.43. The van der Waals surface area contributed by atoms with Crippen LogP contribution in [0.3, 0.4) is 0 Å². The summed E-state index contributed by atoms with van der Waals surface area (Å²) in [6.45, 7) is 3.45. The van der Waals surface area contributed by atoms with Crippen LogP contribution in [0.15, 0.2) is 4.79 Å². The van der Waals surface area contributed by atoms with Crippen LogP contribution in [-0.2, 0) is 7.05 Å². The molecule has 1 saturated heterocycles. The van der Waals surface area contributed by atoms with Gasteiger partial charge in [-0.05, 0) is 44.8 Å². The molecule has 1 aliphatic carbocycles. The molecule has 112 valence electrons. The zero-order chi connectivity index (χ0) is 14.4. The fraction of sp³-hybridized carbons (Fsp3) is 0.786. The van der Waals surface area contributed by atoms with Gasteiger partial charge in [-0.25, -0.2) is 0 Å². The Balaban J connectivity index is 1.82. The SMILES string of the molecule is Cc1[nH]n(C)c(=O)c1C1C([O-])C(N2CCCCC2)C1[O-]. The summed E-state index contributed by atoms with van der Waals surface area (Å²) in [4.78, 5) is 14.1. The normalized spacial score (nSPS) is 35.0. The Labute approximate surface area is 118 Å². The highest BCUT2D eigenvalue weighted by molar-refractivity contribution is 5.29. The fourth-order valence-electron chi connectivity index (χ4n) is 3.71. The van der Waals surface area contributed by atoms with Crippen molar-refractivity contribution in [3.8, 4) is 0 Å². The number of aromatic nitrogens is 2. The lowest BCUT2D eigenvalue weighted by Gasteiger charge is -2.64. The number of piperidine rings is 1. The van der Waals surface area contributed by atoms with Crippen LogP contribution in [0.25, 0.3) is 0 Å². The first-order valence-electron chi connectivity index (χ1n) is 7.33. The first-order valence-corrected chi connectivity index (χ1v) is 7.33. The summed E-state index contributed by atoms with van der Waals surface area (Å²) in [7, 11) is 1.61. The summed E-state index contributed by atoms with van der Waals surface area (Å²) in [5, 5.41) is 27.8. The van der Waals surface area contributed by atoms with Crippen LogP contribution in [0.2, 0.25) is 0 Å². The largest absolute Gasteiger partial charge is 0.850 e. The number of likely N-dealkylation sites (tertiary alicyclic amines) is 1. The minimum atomic E-state index is -0.974. The van der Waals surface area contributed by atoms with E-state index in [1.54, 1.807) is 14.0 Å². The van der Waals surface area contributed by atoms with Gasteiger partial charge in [0.05, 0.1) is 0 Å². The van der Waals surface area contributed by atoms with Crippen LogP contribution < -0.4 is 15.8 Å². The van der Waals surface area contributed by atoms with Gasteiger partial charge < -0.3 is 15.1 Å². The van der Waals surface area contributed by atoms with Gasteiger partial charge in [0.1, 0.15) is 0 Å². The van der Waals surface area contributed by atoms with E-state index in [0.29, 0.717) is 11.3 Å². The van der Waals surface area contributed by atoms with Crippen molar-refractivity contribution in [2.45, 2.75) is 50.4 Å². The third kappa shape index (κ3) is 1.94. The molecule has 0 radical (unpaired) electrons. The van der Waals surface area contributed by atoms with E-state index < -0.39 is 24.2 Å². The van der Waals surface area contributed by atoms with Crippen molar-refractivity contribution in [2.24, 2.45) is 7.05 Å². The van der Waals surface area contributed by atoms with Gasteiger partial charge in [-0.15, -0.1) is 12.2 Å². The van der Waals surface area contributed by atoms with E-state index in [1.807, 2.05) is 4.90 Å². The minimum Gasteiger partial charge on any atom is -0.850 e.